The Balaban J connectivity index is 2.03. The van der Waals surface area contributed by atoms with Gasteiger partial charge >= 0.3 is 0 Å². The summed E-state index contributed by atoms with van der Waals surface area (Å²) >= 11 is 4.90. The van der Waals surface area contributed by atoms with Crippen molar-refractivity contribution in [2.24, 2.45) is 5.73 Å². The number of nitrogens with zero attached hydrogens (tertiary/aromatic N) is 3. The number of halogens is 1. The molecule has 17 heavy (non-hydrogen) atoms. The Bertz CT molecular complexity index is 522. The monoisotopic (exact) mass is 314 g/mol. The number of rotatable bonds is 5. The second-order valence-electron chi connectivity index (χ2n) is 3.49. The summed E-state index contributed by atoms with van der Waals surface area (Å²) in [5, 5.41) is 9.62. The minimum Gasteiger partial charge on any atom is -0.329 e. The highest BCUT2D eigenvalue weighted by Gasteiger charge is 2.12. The predicted molar refractivity (Wildman–Crippen MR) is 69.1 cm³/mol. The summed E-state index contributed by atoms with van der Waals surface area (Å²) in [6, 6.07) is 1.94. The van der Waals surface area contributed by atoms with Crippen LogP contribution in [0.4, 0.5) is 0 Å². The fourth-order valence-electron chi connectivity index (χ4n) is 1.36. The number of hydrogen-bond donors (Lipinski definition) is 1. The summed E-state index contributed by atoms with van der Waals surface area (Å²) < 4.78 is 2.58. The average Bonchev–Trinajstić information content (AvgIpc) is 2.88. The molecule has 0 fully saturated rings. The Morgan fingerprint density at radius 2 is 2.41 bits per heavy atom. The molecule has 2 aromatic rings. The standard InChI is InChI=1S/C10H11BrN4OS/c11-7-3-8(17-6-7)4-10(16)9-5-15(2-1-12)14-13-9/h3,5-6H,1-2,4,12H2. The summed E-state index contributed by atoms with van der Waals surface area (Å²) in [5.74, 6) is -0.0254. The van der Waals surface area contributed by atoms with Crippen LogP contribution in [0.3, 0.4) is 0 Å². The molecule has 0 saturated heterocycles. The van der Waals surface area contributed by atoms with Crippen molar-refractivity contribution in [3.05, 3.63) is 32.7 Å². The molecule has 0 aliphatic heterocycles. The van der Waals surface area contributed by atoms with Crippen LogP contribution in [0, 0.1) is 0 Å². The molecule has 2 N–H and O–H groups in total. The number of ketones is 1. The summed E-state index contributed by atoms with van der Waals surface area (Å²) in [6.07, 6.45) is 2.00. The zero-order chi connectivity index (χ0) is 12.3. The van der Waals surface area contributed by atoms with Crippen molar-refractivity contribution >= 4 is 33.0 Å². The average molecular weight is 315 g/mol. The van der Waals surface area contributed by atoms with Crippen molar-refractivity contribution in [1.29, 1.82) is 0 Å². The summed E-state index contributed by atoms with van der Waals surface area (Å²) in [7, 11) is 0. The van der Waals surface area contributed by atoms with E-state index in [9.17, 15) is 4.79 Å². The normalized spacial score (nSPS) is 10.7. The highest BCUT2D eigenvalue weighted by molar-refractivity contribution is 9.10. The van der Waals surface area contributed by atoms with E-state index in [2.05, 4.69) is 26.2 Å². The van der Waals surface area contributed by atoms with E-state index in [1.807, 2.05) is 11.4 Å². The van der Waals surface area contributed by atoms with Gasteiger partial charge in [-0.05, 0) is 22.0 Å². The van der Waals surface area contributed by atoms with Crippen LogP contribution in [0.5, 0.6) is 0 Å². The predicted octanol–water partition coefficient (Wildman–Crippen LogP) is 1.49. The third-order valence-corrected chi connectivity index (χ3v) is 3.84. The zero-order valence-electron chi connectivity index (χ0n) is 8.97. The molecule has 0 bridgehead atoms. The maximum Gasteiger partial charge on any atom is 0.189 e. The van der Waals surface area contributed by atoms with Crippen molar-refractivity contribution in [3.63, 3.8) is 0 Å². The molecular weight excluding hydrogens is 304 g/mol. The van der Waals surface area contributed by atoms with Crippen LogP contribution in [-0.2, 0) is 13.0 Å². The van der Waals surface area contributed by atoms with Crippen LogP contribution in [0.1, 0.15) is 15.4 Å². The molecule has 2 rings (SSSR count). The van der Waals surface area contributed by atoms with Crippen molar-refractivity contribution in [2.75, 3.05) is 6.54 Å². The molecule has 0 amide bonds. The van der Waals surface area contributed by atoms with Crippen molar-refractivity contribution < 1.29 is 4.79 Å². The molecule has 90 valence electrons. The highest BCUT2D eigenvalue weighted by Crippen LogP contribution is 2.20. The number of carbonyl (C=O) groups excluding carboxylic acids is 1. The lowest BCUT2D eigenvalue weighted by Gasteiger charge is -1.94. The minimum absolute atomic E-state index is 0.0254. The van der Waals surface area contributed by atoms with Crippen LogP contribution in [0.15, 0.2) is 22.1 Å². The van der Waals surface area contributed by atoms with Gasteiger partial charge in [0.1, 0.15) is 5.69 Å². The highest BCUT2D eigenvalue weighted by atomic mass is 79.9. The van der Waals surface area contributed by atoms with Crippen LogP contribution in [0.2, 0.25) is 0 Å². The molecule has 0 spiro atoms. The summed E-state index contributed by atoms with van der Waals surface area (Å²) in [5.41, 5.74) is 5.79. The fourth-order valence-corrected chi connectivity index (χ4v) is 2.81. The molecule has 2 heterocycles. The third kappa shape index (κ3) is 3.21. The number of Topliss-reactive ketones (excluding diaryl/α,β-unsaturated/α-hetero) is 1. The van der Waals surface area contributed by atoms with Gasteiger partial charge in [0.05, 0.1) is 12.7 Å². The topological polar surface area (TPSA) is 73.8 Å². The third-order valence-electron chi connectivity index (χ3n) is 2.14. The molecule has 0 unspecified atom stereocenters. The van der Waals surface area contributed by atoms with Crippen molar-refractivity contribution in [2.45, 2.75) is 13.0 Å². The van der Waals surface area contributed by atoms with Gasteiger partial charge < -0.3 is 5.73 Å². The van der Waals surface area contributed by atoms with E-state index >= 15 is 0 Å². The Kier molecular flexibility index (Phi) is 4.03. The van der Waals surface area contributed by atoms with Crippen LogP contribution >= 0.6 is 27.3 Å². The first kappa shape index (κ1) is 12.4. The minimum atomic E-state index is -0.0254. The summed E-state index contributed by atoms with van der Waals surface area (Å²) in [4.78, 5) is 12.9. The van der Waals surface area contributed by atoms with E-state index in [4.69, 9.17) is 5.73 Å². The fraction of sp³-hybridized carbons (Fsp3) is 0.300. The molecule has 7 heteroatoms. The second kappa shape index (κ2) is 5.52. The van der Waals surface area contributed by atoms with Gasteiger partial charge in [0.15, 0.2) is 5.78 Å². The number of aromatic nitrogens is 3. The molecule has 0 radical (unpaired) electrons. The lowest BCUT2D eigenvalue weighted by Crippen LogP contribution is -2.10. The van der Waals surface area contributed by atoms with Crippen molar-refractivity contribution in [1.82, 2.24) is 15.0 Å². The maximum absolute atomic E-state index is 11.9. The van der Waals surface area contributed by atoms with Gasteiger partial charge in [0.2, 0.25) is 0 Å². The SMILES string of the molecule is NCCn1cc(C(=O)Cc2cc(Br)cs2)nn1. The van der Waals surface area contributed by atoms with Crippen molar-refractivity contribution in [3.8, 4) is 0 Å². The number of carbonyl (C=O) groups is 1. The lowest BCUT2D eigenvalue weighted by atomic mass is 10.2. The van der Waals surface area contributed by atoms with Crippen LogP contribution in [0.25, 0.3) is 0 Å². The van der Waals surface area contributed by atoms with E-state index in [0.29, 0.717) is 25.2 Å². The molecule has 0 aromatic carbocycles. The molecule has 0 atom stereocenters. The van der Waals surface area contributed by atoms with Gasteiger partial charge in [-0.15, -0.1) is 16.4 Å². The summed E-state index contributed by atoms with van der Waals surface area (Å²) in [6.45, 7) is 1.06. The van der Waals surface area contributed by atoms with E-state index in [1.165, 1.54) is 0 Å². The van der Waals surface area contributed by atoms with E-state index in [1.54, 1.807) is 22.2 Å². The first-order chi connectivity index (χ1) is 8.19. The molecule has 0 aliphatic rings. The molecular formula is C10H11BrN4OS. The molecule has 0 aliphatic carbocycles. The molecule has 2 aromatic heterocycles. The Morgan fingerprint density at radius 3 is 3.06 bits per heavy atom. The number of thiophene rings is 1. The largest absolute Gasteiger partial charge is 0.329 e. The Morgan fingerprint density at radius 1 is 1.59 bits per heavy atom. The van der Waals surface area contributed by atoms with E-state index in [0.717, 1.165) is 9.35 Å². The maximum atomic E-state index is 11.9. The van der Waals surface area contributed by atoms with Crippen LogP contribution in [-0.4, -0.2) is 27.3 Å². The van der Waals surface area contributed by atoms with Gasteiger partial charge in [-0.2, -0.15) is 0 Å². The quantitative estimate of drug-likeness (QED) is 0.848. The first-order valence-corrected chi connectivity index (χ1v) is 6.72. The van der Waals surface area contributed by atoms with Gasteiger partial charge in [-0.25, -0.2) is 0 Å². The first-order valence-electron chi connectivity index (χ1n) is 5.05. The Hall–Kier alpha value is -1.05. The smallest absolute Gasteiger partial charge is 0.189 e. The second-order valence-corrected chi connectivity index (χ2v) is 5.40. The van der Waals surface area contributed by atoms with E-state index in [-0.39, 0.29) is 5.78 Å². The molecule has 0 saturated carbocycles. The zero-order valence-corrected chi connectivity index (χ0v) is 11.4. The lowest BCUT2D eigenvalue weighted by molar-refractivity contribution is 0.0989. The van der Waals surface area contributed by atoms with Gasteiger partial charge in [0.25, 0.3) is 0 Å². The molecule has 5 nitrogen and oxygen atoms in total. The number of hydrogen-bond acceptors (Lipinski definition) is 5. The van der Waals surface area contributed by atoms with Gasteiger partial charge in [-0.1, -0.05) is 5.21 Å². The Labute approximate surface area is 111 Å². The van der Waals surface area contributed by atoms with Gasteiger partial charge in [0, 0.05) is 27.7 Å². The number of nitrogens with two attached hydrogens (primary N) is 1. The van der Waals surface area contributed by atoms with E-state index < -0.39 is 0 Å². The van der Waals surface area contributed by atoms with Gasteiger partial charge in [-0.3, -0.25) is 9.48 Å². The van der Waals surface area contributed by atoms with Crippen LogP contribution < -0.4 is 5.73 Å².